The highest BCUT2D eigenvalue weighted by Gasteiger charge is 2.14. The van der Waals surface area contributed by atoms with Gasteiger partial charge >= 0.3 is 5.69 Å². The van der Waals surface area contributed by atoms with E-state index in [1.54, 1.807) is 24.3 Å². The van der Waals surface area contributed by atoms with Crippen LogP contribution in [0.2, 0.25) is 0 Å². The Morgan fingerprint density at radius 2 is 2.11 bits per heavy atom. The van der Waals surface area contributed by atoms with Crippen molar-refractivity contribution in [3.8, 4) is 23.8 Å². The maximum atomic E-state index is 11.8. The third-order valence-corrected chi connectivity index (χ3v) is 3.83. The zero-order valence-electron chi connectivity index (χ0n) is 13.9. The molecule has 0 bridgehead atoms. The molecule has 2 rings (SSSR count). The summed E-state index contributed by atoms with van der Waals surface area (Å²) < 4.78 is 11.2. The van der Waals surface area contributed by atoms with Crippen LogP contribution in [0.1, 0.15) is 5.56 Å². The number of terminal acetylenes is 1. The molecule has 1 N–H and O–H groups in total. The van der Waals surface area contributed by atoms with E-state index < -0.39 is 17.4 Å². The molecule has 0 aliphatic carbocycles. The first-order chi connectivity index (χ1) is 13.0. The number of nitro benzene ring substituents is 1. The molecule has 0 saturated carbocycles. The van der Waals surface area contributed by atoms with Crippen molar-refractivity contribution in [1.29, 1.82) is 0 Å². The number of hydrogen-bond acceptors (Lipinski definition) is 6. The number of ether oxygens (including phenoxy) is 2. The number of hydrogen-bond donors (Lipinski definition) is 1. The lowest BCUT2D eigenvalue weighted by atomic mass is 10.2. The maximum absolute atomic E-state index is 11.8. The Hall–Kier alpha value is -3.38. The van der Waals surface area contributed by atoms with Crippen molar-refractivity contribution in [2.45, 2.75) is 0 Å². The van der Waals surface area contributed by atoms with Gasteiger partial charge < -0.3 is 9.47 Å². The van der Waals surface area contributed by atoms with Gasteiger partial charge in [-0.25, -0.2) is 5.43 Å². The Bertz CT molecular complexity index is 908. The number of halogens is 1. The van der Waals surface area contributed by atoms with Gasteiger partial charge in [0.2, 0.25) is 0 Å². The number of amides is 1. The summed E-state index contributed by atoms with van der Waals surface area (Å²) in [6, 6.07) is 11.0. The molecule has 2 aromatic carbocycles. The number of rotatable bonds is 8. The molecule has 0 spiro atoms. The third-order valence-electron chi connectivity index (χ3n) is 3.10. The fourth-order valence-corrected chi connectivity index (χ4v) is 2.26. The van der Waals surface area contributed by atoms with Crippen molar-refractivity contribution in [2.75, 3.05) is 13.2 Å². The van der Waals surface area contributed by atoms with Crippen molar-refractivity contribution in [2.24, 2.45) is 5.10 Å². The highest BCUT2D eigenvalue weighted by Crippen LogP contribution is 2.25. The SMILES string of the molecule is C#CCOc1ccc(Br)c(C=NNC(=O)COc2ccccc2[N+](=O)[O-])c1. The largest absolute Gasteiger partial charge is 0.481 e. The summed E-state index contributed by atoms with van der Waals surface area (Å²) in [6.45, 7) is -0.285. The summed E-state index contributed by atoms with van der Waals surface area (Å²) in [7, 11) is 0. The fraction of sp³-hybridized carbons (Fsp3) is 0.111. The van der Waals surface area contributed by atoms with E-state index in [1.807, 2.05) is 0 Å². The van der Waals surface area contributed by atoms with Gasteiger partial charge in [-0.15, -0.1) is 6.42 Å². The van der Waals surface area contributed by atoms with E-state index in [-0.39, 0.29) is 18.0 Å². The smallest absolute Gasteiger partial charge is 0.310 e. The standard InChI is InChI=1S/C18H14BrN3O5/c1-2-9-26-14-7-8-15(19)13(10-14)11-20-21-18(23)12-27-17-6-4-3-5-16(17)22(24)25/h1,3-8,10-11H,9,12H2,(H,21,23). The van der Waals surface area contributed by atoms with Crippen LogP contribution in [0.25, 0.3) is 0 Å². The number of nitro groups is 1. The Morgan fingerprint density at radius 3 is 2.85 bits per heavy atom. The maximum Gasteiger partial charge on any atom is 0.310 e. The summed E-state index contributed by atoms with van der Waals surface area (Å²) in [5.74, 6) is 2.36. The Balaban J connectivity index is 1.92. The normalized spacial score (nSPS) is 10.2. The molecular weight excluding hydrogens is 418 g/mol. The molecule has 27 heavy (non-hydrogen) atoms. The van der Waals surface area contributed by atoms with Crippen LogP contribution in [0.4, 0.5) is 5.69 Å². The molecule has 138 valence electrons. The summed E-state index contributed by atoms with van der Waals surface area (Å²) in [6.07, 6.45) is 6.56. The molecule has 1 amide bonds. The zero-order valence-corrected chi connectivity index (χ0v) is 15.5. The second kappa shape index (κ2) is 9.94. The molecule has 2 aromatic rings. The minimum absolute atomic E-state index is 0.00253. The van der Waals surface area contributed by atoms with E-state index in [0.29, 0.717) is 11.3 Å². The molecular formula is C18H14BrN3O5. The minimum Gasteiger partial charge on any atom is -0.481 e. The van der Waals surface area contributed by atoms with Crippen LogP contribution < -0.4 is 14.9 Å². The van der Waals surface area contributed by atoms with Crippen LogP contribution in [-0.4, -0.2) is 30.3 Å². The van der Waals surface area contributed by atoms with Gasteiger partial charge in [-0.2, -0.15) is 5.10 Å². The first-order valence-electron chi connectivity index (χ1n) is 7.55. The molecule has 0 aliphatic heterocycles. The highest BCUT2D eigenvalue weighted by atomic mass is 79.9. The Kier molecular flexibility index (Phi) is 7.34. The lowest BCUT2D eigenvalue weighted by Crippen LogP contribution is -2.24. The number of hydrazone groups is 1. The van der Waals surface area contributed by atoms with Gasteiger partial charge in [0, 0.05) is 16.1 Å². The Labute approximate surface area is 163 Å². The summed E-state index contributed by atoms with van der Waals surface area (Å²) >= 11 is 3.36. The van der Waals surface area contributed by atoms with Crippen molar-refractivity contribution in [3.63, 3.8) is 0 Å². The van der Waals surface area contributed by atoms with E-state index in [9.17, 15) is 14.9 Å². The molecule has 0 fully saturated rings. The van der Waals surface area contributed by atoms with Gasteiger partial charge in [-0.3, -0.25) is 14.9 Å². The molecule has 0 saturated heterocycles. The second-order valence-corrected chi connectivity index (χ2v) is 5.84. The first-order valence-corrected chi connectivity index (χ1v) is 8.34. The number of carbonyl (C=O) groups excluding carboxylic acids is 1. The summed E-state index contributed by atoms with van der Waals surface area (Å²) in [5, 5.41) is 14.7. The monoisotopic (exact) mass is 431 g/mol. The summed E-state index contributed by atoms with van der Waals surface area (Å²) in [4.78, 5) is 22.1. The molecule has 9 heteroatoms. The van der Waals surface area contributed by atoms with Crippen LogP contribution in [0, 0.1) is 22.5 Å². The summed E-state index contributed by atoms with van der Waals surface area (Å²) in [5.41, 5.74) is 2.72. The molecule has 0 aromatic heterocycles. The van der Waals surface area contributed by atoms with Crippen molar-refractivity contribution in [3.05, 3.63) is 62.6 Å². The van der Waals surface area contributed by atoms with Gasteiger partial charge in [0.1, 0.15) is 12.4 Å². The van der Waals surface area contributed by atoms with Crippen molar-refractivity contribution >= 4 is 33.7 Å². The molecule has 8 nitrogen and oxygen atoms in total. The molecule has 0 heterocycles. The minimum atomic E-state index is -0.585. The van der Waals surface area contributed by atoms with Gasteiger partial charge in [-0.1, -0.05) is 34.0 Å². The van der Waals surface area contributed by atoms with Gasteiger partial charge in [-0.05, 0) is 24.3 Å². The molecule has 0 aliphatic rings. The molecule has 0 radical (unpaired) electrons. The van der Waals surface area contributed by atoms with Crippen LogP contribution >= 0.6 is 15.9 Å². The van der Waals surface area contributed by atoms with Crippen molar-refractivity contribution < 1.29 is 19.2 Å². The topological polar surface area (TPSA) is 103 Å². The first kappa shape index (κ1) is 19.9. The van der Waals surface area contributed by atoms with Crippen LogP contribution in [0.3, 0.4) is 0 Å². The van der Waals surface area contributed by atoms with E-state index in [0.717, 1.165) is 4.47 Å². The van der Waals surface area contributed by atoms with Crippen LogP contribution in [0.15, 0.2) is 52.0 Å². The fourth-order valence-electron chi connectivity index (χ4n) is 1.91. The Morgan fingerprint density at radius 1 is 1.33 bits per heavy atom. The second-order valence-electron chi connectivity index (χ2n) is 4.98. The van der Waals surface area contributed by atoms with Crippen LogP contribution in [0.5, 0.6) is 11.5 Å². The van der Waals surface area contributed by atoms with E-state index >= 15 is 0 Å². The number of nitrogens with one attached hydrogen (secondary N) is 1. The predicted octanol–water partition coefficient (Wildman–Crippen LogP) is 2.90. The van der Waals surface area contributed by atoms with E-state index in [1.165, 1.54) is 24.4 Å². The van der Waals surface area contributed by atoms with Crippen LogP contribution in [-0.2, 0) is 4.79 Å². The number of carbonyl (C=O) groups is 1. The number of benzene rings is 2. The number of nitrogens with zero attached hydrogens (tertiary/aromatic N) is 2. The average Bonchev–Trinajstić information content (AvgIpc) is 2.66. The van der Waals surface area contributed by atoms with Gasteiger partial charge in [0.05, 0.1) is 11.1 Å². The quantitative estimate of drug-likeness (QED) is 0.299. The third kappa shape index (κ3) is 6.13. The van der Waals surface area contributed by atoms with Gasteiger partial charge in [0.25, 0.3) is 5.91 Å². The number of para-hydroxylation sites is 2. The molecule has 0 atom stereocenters. The molecule has 0 unspecified atom stereocenters. The lowest BCUT2D eigenvalue weighted by Gasteiger charge is -2.06. The predicted molar refractivity (Wildman–Crippen MR) is 103 cm³/mol. The van der Waals surface area contributed by atoms with Crippen molar-refractivity contribution in [1.82, 2.24) is 5.43 Å². The zero-order chi connectivity index (χ0) is 19.6. The average molecular weight is 432 g/mol. The highest BCUT2D eigenvalue weighted by molar-refractivity contribution is 9.10. The lowest BCUT2D eigenvalue weighted by molar-refractivity contribution is -0.385. The van der Waals surface area contributed by atoms with E-state index in [4.69, 9.17) is 15.9 Å². The van der Waals surface area contributed by atoms with Gasteiger partial charge in [0.15, 0.2) is 12.4 Å². The van der Waals surface area contributed by atoms with E-state index in [2.05, 4.69) is 32.4 Å².